The number of rotatable bonds is 2. The zero-order chi connectivity index (χ0) is 10.8. The Bertz CT molecular complexity index is 358. The molecule has 0 radical (unpaired) electrons. The van der Waals surface area contributed by atoms with Gasteiger partial charge in [-0.2, -0.15) is 13.2 Å². The first-order valence-corrected chi connectivity index (χ1v) is 3.95. The molecule has 0 atom stereocenters. The first-order valence-electron chi connectivity index (χ1n) is 3.95. The predicted molar refractivity (Wildman–Crippen MR) is 48.5 cm³/mol. The zero-order valence-electron chi connectivity index (χ0n) is 7.56. The minimum Gasteiger partial charge on any atom is -0.452 e. The molecule has 0 spiro atoms. The Labute approximate surface area is 79.5 Å². The van der Waals surface area contributed by atoms with Crippen molar-refractivity contribution < 1.29 is 17.6 Å². The number of halogens is 3. The highest BCUT2D eigenvalue weighted by molar-refractivity contribution is 5.61. The highest BCUT2D eigenvalue weighted by Crippen LogP contribution is 2.33. The lowest BCUT2D eigenvalue weighted by Gasteiger charge is -1.99. The van der Waals surface area contributed by atoms with Crippen LogP contribution in [-0.2, 0) is 6.18 Å². The monoisotopic (exact) mass is 202 g/mol. The Morgan fingerprint density at radius 2 is 2.07 bits per heavy atom. The van der Waals surface area contributed by atoms with Crippen LogP contribution in [0.3, 0.4) is 0 Å². The fraction of sp³-hybridized carbons (Fsp3) is 0.200. The van der Waals surface area contributed by atoms with Gasteiger partial charge in [-0.15, -0.1) is 0 Å². The van der Waals surface area contributed by atoms with Gasteiger partial charge in [0.25, 0.3) is 0 Å². The SMILES string of the molecule is C=Cc1oc(C(F)(F)F)cc1/C=C\C. The molecular weight excluding hydrogens is 193 g/mol. The van der Waals surface area contributed by atoms with Crippen LogP contribution in [0.5, 0.6) is 0 Å². The second-order valence-electron chi connectivity index (χ2n) is 2.63. The van der Waals surface area contributed by atoms with E-state index in [9.17, 15) is 13.2 Å². The maximum absolute atomic E-state index is 12.2. The molecule has 76 valence electrons. The molecule has 0 aliphatic heterocycles. The highest BCUT2D eigenvalue weighted by Gasteiger charge is 2.35. The van der Waals surface area contributed by atoms with Gasteiger partial charge in [0.15, 0.2) is 0 Å². The van der Waals surface area contributed by atoms with Crippen molar-refractivity contribution in [3.05, 3.63) is 35.8 Å². The minimum atomic E-state index is -4.45. The van der Waals surface area contributed by atoms with Crippen LogP contribution in [0.25, 0.3) is 12.2 Å². The molecule has 0 aromatic carbocycles. The van der Waals surface area contributed by atoms with Crippen molar-refractivity contribution in [1.82, 2.24) is 0 Å². The van der Waals surface area contributed by atoms with Crippen LogP contribution in [0.2, 0.25) is 0 Å². The van der Waals surface area contributed by atoms with E-state index < -0.39 is 11.9 Å². The second-order valence-corrected chi connectivity index (χ2v) is 2.63. The van der Waals surface area contributed by atoms with E-state index in [2.05, 4.69) is 11.0 Å². The summed E-state index contributed by atoms with van der Waals surface area (Å²) in [6, 6.07) is 0.955. The molecule has 0 saturated carbocycles. The second kappa shape index (κ2) is 3.74. The van der Waals surface area contributed by atoms with E-state index in [4.69, 9.17) is 0 Å². The van der Waals surface area contributed by atoms with Crippen LogP contribution in [0.4, 0.5) is 13.2 Å². The molecule has 1 aromatic heterocycles. The smallest absolute Gasteiger partial charge is 0.449 e. The summed E-state index contributed by atoms with van der Waals surface area (Å²) in [7, 11) is 0. The van der Waals surface area contributed by atoms with Gasteiger partial charge < -0.3 is 4.42 Å². The molecule has 0 amide bonds. The van der Waals surface area contributed by atoms with Gasteiger partial charge >= 0.3 is 6.18 Å². The van der Waals surface area contributed by atoms with Crippen LogP contribution in [0.1, 0.15) is 24.0 Å². The normalized spacial score (nSPS) is 12.3. The molecule has 0 aliphatic rings. The lowest BCUT2D eigenvalue weighted by Crippen LogP contribution is -2.02. The maximum Gasteiger partial charge on any atom is 0.449 e. The molecule has 0 fully saturated rings. The molecule has 0 aliphatic carbocycles. The van der Waals surface area contributed by atoms with E-state index in [1.807, 2.05) is 0 Å². The standard InChI is InChI=1S/C10H9F3O/c1-3-5-7-6-9(10(11,12)13)14-8(7)4-2/h3-6H,2H2,1H3/b5-3-. The lowest BCUT2D eigenvalue weighted by molar-refractivity contribution is -0.153. The van der Waals surface area contributed by atoms with Crippen molar-refractivity contribution in [1.29, 1.82) is 0 Å². The average molecular weight is 202 g/mol. The van der Waals surface area contributed by atoms with Crippen molar-refractivity contribution >= 4 is 12.2 Å². The predicted octanol–water partition coefficient (Wildman–Crippen LogP) is 3.97. The summed E-state index contributed by atoms with van der Waals surface area (Å²) < 4.78 is 41.2. The van der Waals surface area contributed by atoms with Gasteiger partial charge in [-0.25, -0.2) is 0 Å². The summed E-state index contributed by atoms with van der Waals surface area (Å²) in [5.41, 5.74) is 0.384. The number of alkyl halides is 3. The van der Waals surface area contributed by atoms with Gasteiger partial charge in [0.1, 0.15) is 5.76 Å². The first kappa shape index (κ1) is 10.6. The quantitative estimate of drug-likeness (QED) is 0.707. The van der Waals surface area contributed by atoms with Crippen LogP contribution in [0, 0.1) is 0 Å². The van der Waals surface area contributed by atoms with E-state index in [1.54, 1.807) is 13.0 Å². The van der Waals surface area contributed by atoms with Crippen LogP contribution in [-0.4, -0.2) is 0 Å². The summed E-state index contributed by atoms with van der Waals surface area (Å²) in [5, 5.41) is 0. The Balaban J connectivity index is 3.19. The summed E-state index contributed by atoms with van der Waals surface area (Å²) in [4.78, 5) is 0. The fourth-order valence-electron chi connectivity index (χ4n) is 1.03. The van der Waals surface area contributed by atoms with Gasteiger partial charge in [-0.1, -0.05) is 18.7 Å². The zero-order valence-corrected chi connectivity index (χ0v) is 7.56. The van der Waals surface area contributed by atoms with Crippen molar-refractivity contribution in [3.63, 3.8) is 0 Å². The highest BCUT2D eigenvalue weighted by atomic mass is 19.4. The van der Waals surface area contributed by atoms with Gasteiger partial charge in [-0.3, -0.25) is 0 Å². The Kier molecular flexibility index (Phi) is 2.84. The largest absolute Gasteiger partial charge is 0.452 e. The first-order chi connectivity index (χ1) is 6.49. The van der Waals surface area contributed by atoms with E-state index >= 15 is 0 Å². The molecule has 1 heterocycles. The maximum atomic E-state index is 12.2. The van der Waals surface area contributed by atoms with Crippen LogP contribution >= 0.6 is 0 Å². The van der Waals surface area contributed by atoms with Crippen molar-refractivity contribution in [2.45, 2.75) is 13.1 Å². The number of hydrogen-bond donors (Lipinski definition) is 0. The Hall–Kier alpha value is -1.45. The molecule has 1 aromatic rings. The third-order valence-corrected chi connectivity index (χ3v) is 1.60. The molecule has 0 bridgehead atoms. The fourth-order valence-corrected chi connectivity index (χ4v) is 1.03. The number of furan rings is 1. The van der Waals surface area contributed by atoms with Gasteiger partial charge in [0.05, 0.1) is 0 Å². The van der Waals surface area contributed by atoms with E-state index in [0.717, 1.165) is 6.07 Å². The molecular formula is C10H9F3O. The topological polar surface area (TPSA) is 13.1 Å². The molecule has 4 heteroatoms. The number of allylic oxidation sites excluding steroid dienone is 1. The van der Waals surface area contributed by atoms with Crippen molar-refractivity contribution in [2.75, 3.05) is 0 Å². The molecule has 0 N–H and O–H groups in total. The van der Waals surface area contributed by atoms with Gasteiger partial charge in [0.2, 0.25) is 5.76 Å². The third-order valence-electron chi connectivity index (χ3n) is 1.60. The molecule has 0 saturated heterocycles. The summed E-state index contributed by atoms with van der Waals surface area (Å²) >= 11 is 0. The summed E-state index contributed by atoms with van der Waals surface area (Å²) in [6.07, 6.45) is -0.0179. The van der Waals surface area contributed by atoms with E-state index in [-0.39, 0.29) is 5.76 Å². The summed E-state index contributed by atoms with van der Waals surface area (Å²) in [6.45, 7) is 5.09. The van der Waals surface area contributed by atoms with Crippen LogP contribution < -0.4 is 0 Å². The molecule has 1 rings (SSSR count). The third kappa shape index (κ3) is 2.07. The van der Waals surface area contributed by atoms with Gasteiger partial charge in [-0.05, 0) is 19.1 Å². The lowest BCUT2D eigenvalue weighted by atomic mass is 10.2. The van der Waals surface area contributed by atoms with Crippen molar-refractivity contribution in [2.24, 2.45) is 0 Å². The van der Waals surface area contributed by atoms with E-state index in [1.165, 1.54) is 12.2 Å². The minimum absolute atomic E-state index is 0.135. The van der Waals surface area contributed by atoms with Crippen LogP contribution in [0.15, 0.2) is 23.1 Å². The average Bonchev–Trinajstić information content (AvgIpc) is 2.47. The summed E-state index contributed by atoms with van der Waals surface area (Å²) in [5.74, 6) is -0.865. The number of hydrogen-bond acceptors (Lipinski definition) is 1. The molecule has 0 unspecified atom stereocenters. The van der Waals surface area contributed by atoms with Crippen molar-refractivity contribution in [3.8, 4) is 0 Å². The Morgan fingerprint density at radius 1 is 1.43 bits per heavy atom. The van der Waals surface area contributed by atoms with Gasteiger partial charge in [0, 0.05) is 5.56 Å². The molecule has 14 heavy (non-hydrogen) atoms. The molecule has 1 nitrogen and oxygen atoms in total. The van der Waals surface area contributed by atoms with E-state index in [0.29, 0.717) is 5.56 Å². The Morgan fingerprint density at radius 3 is 2.50 bits per heavy atom.